The summed E-state index contributed by atoms with van der Waals surface area (Å²) in [5.74, 6) is -1.42. The minimum Gasteiger partial charge on any atom is -0.347 e. The zero-order valence-electron chi connectivity index (χ0n) is 22.8. The van der Waals surface area contributed by atoms with Crippen LogP contribution in [0.2, 0.25) is 0 Å². The van der Waals surface area contributed by atoms with E-state index in [4.69, 9.17) is 0 Å². The van der Waals surface area contributed by atoms with Gasteiger partial charge in [0, 0.05) is 43.9 Å². The smallest absolute Gasteiger partial charge is 0.347 e. The molecule has 1 aliphatic heterocycles. The van der Waals surface area contributed by atoms with Crippen molar-refractivity contribution < 1.29 is 22.8 Å². The zero-order chi connectivity index (χ0) is 29.2. The lowest BCUT2D eigenvalue weighted by Gasteiger charge is -2.39. The van der Waals surface area contributed by atoms with Gasteiger partial charge in [0.05, 0.1) is 17.1 Å². The lowest BCUT2D eigenvalue weighted by Crippen LogP contribution is -2.51. The molecule has 11 heteroatoms. The van der Waals surface area contributed by atoms with Gasteiger partial charge < -0.3 is 10.2 Å². The third-order valence-electron chi connectivity index (χ3n) is 7.12. The first-order valence-corrected chi connectivity index (χ1v) is 12.8. The third-order valence-corrected chi connectivity index (χ3v) is 7.12. The Hall–Kier alpha value is -4.28. The third kappa shape index (κ3) is 5.68. The van der Waals surface area contributed by atoms with E-state index >= 15 is 0 Å². The number of aromatic nitrogens is 2. The number of likely N-dealkylation sites (tertiary alicyclic amines) is 1. The lowest BCUT2D eigenvalue weighted by molar-refractivity contribution is -0.138. The van der Waals surface area contributed by atoms with Crippen LogP contribution in [0.1, 0.15) is 62.5 Å². The molecule has 40 heavy (non-hydrogen) atoms. The molecule has 2 heterocycles. The second kappa shape index (κ2) is 11.4. The fraction of sp³-hybridized carbons (Fsp3) is 0.345. The number of halogens is 3. The summed E-state index contributed by atoms with van der Waals surface area (Å²) in [7, 11) is 1.32. The van der Waals surface area contributed by atoms with Crippen molar-refractivity contribution in [3.8, 4) is 0 Å². The van der Waals surface area contributed by atoms with E-state index in [9.17, 15) is 22.8 Å². The van der Waals surface area contributed by atoms with Gasteiger partial charge in [-0.3, -0.25) is 24.3 Å². The molecule has 1 aliphatic rings. The molecule has 0 saturated carbocycles. The minimum absolute atomic E-state index is 0.215. The molecular weight excluding hydrogens is 521 g/mol. The summed E-state index contributed by atoms with van der Waals surface area (Å²) < 4.78 is 42.2. The standard InChI is InChI=1S/C29H31F3N6O2/c1-6-34-25-17(2)14-20(15-23(25)33-4)28(40)38-13-12-22(21(16-38)19-10-8-7-9-11-19)35-27(39)26-24(29(30,31)32)18(3)36-37(26)5/h6-11,14-15,21-22H,4,12-13,16H2,1-3,5H3,(H,35,39)/b34-6-/t21-,22-/m1/s1. The second-order valence-electron chi connectivity index (χ2n) is 9.77. The van der Waals surface area contributed by atoms with E-state index in [1.165, 1.54) is 14.0 Å². The van der Waals surface area contributed by atoms with E-state index in [-0.39, 0.29) is 24.1 Å². The van der Waals surface area contributed by atoms with Gasteiger partial charge in [-0.25, -0.2) is 0 Å². The van der Waals surface area contributed by atoms with Crippen molar-refractivity contribution in [3.63, 3.8) is 0 Å². The number of piperidine rings is 1. The lowest BCUT2D eigenvalue weighted by atomic mass is 9.85. The molecule has 0 bridgehead atoms. The van der Waals surface area contributed by atoms with Crippen molar-refractivity contribution in [1.82, 2.24) is 20.0 Å². The molecule has 0 radical (unpaired) electrons. The van der Waals surface area contributed by atoms with Crippen LogP contribution in [0.4, 0.5) is 24.5 Å². The van der Waals surface area contributed by atoms with Gasteiger partial charge in [0.25, 0.3) is 11.8 Å². The molecule has 3 aromatic rings. The Morgan fingerprint density at radius 3 is 2.50 bits per heavy atom. The number of carbonyl (C=O) groups excluding carboxylic acids is 2. The number of aliphatic imine (C=N–C) groups is 2. The highest BCUT2D eigenvalue weighted by Crippen LogP contribution is 2.36. The van der Waals surface area contributed by atoms with Crippen LogP contribution in [0.15, 0.2) is 52.4 Å². The number of hydrogen-bond acceptors (Lipinski definition) is 5. The van der Waals surface area contributed by atoms with Crippen LogP contribution in [0.5, 0.6) is 0 Å². The topological polar surface area (TPSA) is 92.0 Å². The van der Waals surface area contributed by atoms with Crippen LogP contribution in [-0.2, 0) is 13.2 Å². The number of alkyl halides is 3. The Morgan fingerprint density at radius 2 is 1.88 bits per heavy atom. The van der Waals surface area contributed by atoms with Gasteiger partial charge in [-0.1, -0.05) is 30.3 Å². The summed E-state index contributed by atoms with van der Waals surface area (Å²) in [6.45, 7) is 9.03. The van der Waals surface area contributed by atoms with E-state index < -0.39 is 29.4 Å². The van der Waals surface area contributed by atoms with Crippen molar-refractivity contribution in [2.75, 3.05) is 13.1 Å². The molecule has 1 aromatic heterocycles. The Balaban J connectivity index is 1.63. The fourth-order valence-electron chi connectivity index (χ4n) is 5.33. The number of amides is 2. The molecule has 1 N–H and O–H groups in total. The van der Waals surface area contributed by atoms with Gasteiger partial charge in [-0.2, -0.15) is 18.3 Å². The van der Waals surface area contributed by atoms with Gasteiger partial charge in [0.15, 0.2) is 0 Å². The number of rotatable bonds is 6. The molecule has 0 aliphatic carbocycles. The van der Waals surface area contributed by atoms with Gasteiger partial charge in [-0.05, 0) is 57.2 Å². The minimum atomic E-state index is -4.73. The molecular formula is C29H31F3N6O2. The van der Waals surface area contributed by atoms with Gasteiger partial charge in [0.1, 0.15) is 11.3 Å². The van der Waals surface area contributed by atoms with Crippen molar-refractivity contribution in [2.24, 2.45) is 17.0 Å². The maximum absolute atomic E-state index is 13.8. The monoisotopic (exact) mass is 552 g/mol. The summed E-state index contributed by atoms with van der Waals surface area (Å²) >= 11 is 0. The summed E-state index contributed by atoms with van der Waals surface area (Å²) in [6, 6.07) is 12.2. The number of nitrogens with zero attached hydrogens (tertiary/aromatic N) is 5. The van der Waals surface area contributed by atoms with Crippen LogP contribution in [0.3, 0.4) is 0 Å². The highest BCUT2D eigenvalue weighted by atomic mass is 19.4. The molecule has 2 atom stereocenters. The van der Waals surface area contributed by atoms with Gasteiger partial charge >= 0.3 is 6.18 Å². The number of carbonyl (C=O) groups is 2. The number of aryl methyl sites for hydroxylation is 3. The van der Waals surface area contributed by atoms with Crippen LogP contribution < -0.4 is 5.32 Å². The molecule has 1 fully saturated rings. The molecule has 2 amide bonds. The Kier molecular flexibility index (Phi) is 8.22. The Morgan fingerprint density at radius 1 is 1.18 bits per heavy atom. The Labute approximate surface area is 230 Å². The zero-order valence-corrected chi connectivity index (χ0v) is 22.8. The van der Waals surface area contributed by atoms with Gasteiger partial charge in [0.2, 0.25) is 0 Å². The highest BCUT2D eigenvalue weighted by Gasteiger charge is 2.42. The molecule has 4 rings (SSSR count). The maximum atomic E-state index is 13.8. The van der Waals surface area contributed by atoms with Crippen molar-refractivity contribution >= 4 is 36.1 Å². The first-order valence-electron chi connectivity index (χ1n) is 12.8. The summed E-state index contributed by atoms with van der Waals surface area (Å²) in [5, 5.41) is 6.66. The van der Waals surface area contributed by atoms with Crippen LogP contribution in [0, 0.1) is 13.8 Å². The van der Waals surface area contributed by atoms with E-state index in [1.54, 1.807) is 30.2 Å². The van der Waals surface area contributed by atoms with E-state index in [1.807, 2.05) is 37.3 Å². The summed E-state index contributed by atoms with van der Waals surface area (Å²) in [6.07, 6.45) is -2.74. The van der Waals surface area contributed by atoms with Crippen molar-refractivity contribution in [1.29, 1.82) is 0 Å². The molecule has 1 saturated heterocycles. The fourth-order valence-corrected chi connectivity index (χ4v) is 5.33. The molecule has 0 spiro atoms. The SMILES string of the molecule is C=Nc1cc(C(=O)N2CC[C@@H](NC(=O)c3c(C(F)(F)F)c(C)nn3C)[C@@H](c3ccccc3)C2)cc(C)c1/N=C\C. The average Bonchev–Trinajstić information content (AvgIpc) is 3.24. The first kappa shape index (κ1) is 28.7. The van der Waals surface area contributed by atoms with Crippen LogP contribution in [-0.4, -0.2) is 58.6 Å². The molecule has 210 valence electrons. The van der Waals surface area contributed by atoms with Crippen molar-refractivity contribution in [2.45, 2.75) is 45.3 Å². The van der Waals surface area contributed by atoms with Gasteiger partial charge in [-0.15, -0.1) is 0 Å². The summed E-state index contributed by atoms with van der Waals surface area (Å²) in [5.41, 5.74) is 1.36. The van der Waals surface area contributed by atoms with E-state index in [2.05, 4.69) is 27.1 Å². The quantitative estimate of drug-likeness (QED) is 0.407. The Bertz CT molecular complexity index is 1460. The second-order valence-corrected chi connectivity index (χ2v) is 9.77. The largest absolute Gasteiger partial charge is 0.420 e. The highest BCUT2D eigenvalue weighted by molar-refractivity contribution is 5.97. The molecule has 2 aromatic carbocycles. The normalized spacial score (nSPS) is 17.7. The van der Waals surface area contributed by atoms with Crippen molar-refractivity contribution in [3.05, 3.63) is 76.1 Å². The van der Waals surface area contributed by atoms with E-state index in [0.29, 0.717) is 29.9 Å². The first-order chi connectivity index (χ1) is 19.0. The van der Waals surface area contributed by atoms with Crippen LogP contribution in [0.25, 0.3) is 0 Å². The molecule has 8 nitrogen and oxygen atoms in total. The molecule has 0 unspecified atom stereocenters. The predicted molar refractivity (Wildman–Crippen MR) is 148 cm³/mol. The summed E-state index contributed by atoms with van der Waals surface area (Å²) in [4.78, 5) is 36.9. The number of nitrogens with one attached hydrogen (secondary N) is 1. The number of hydrogen-bond donors (Lipinski definition) is 1. The van der Waals surface area contributed by atoms with Crippen LogP contribution >= 0.6 is 0 Å². The average molecular weight is 553 g/mol. The van der Waals surface area contributed by atoms with E-state index in [0.717, 1.165) is 15.8 Å². The predicted octanol–water partition coefficient (Wildman–Crippen LogP) is 5.54. The number of benzene rings is 2. The maximum Gasteiger partial charge on any atom is 0.420 e.